The van der Waals surface area contributed by atoms with Crippen molar-refractivity contribution in [2.45, 2.75) is 85.2 Å². The Kier molecular flexibility index (Phi) is 5.20. The van der Waals surface area contributed by atoms with Crippen LogP contribution in [0.5, 0.6) is 0 Å². The average Bonchev–Trinajstić information content (AvgIpc) is 2.63. The molecule has 0 aliphatic heterocycles. The molecule has 1 aromatic carbocycles. The maximum Gasteiger partial charge on any atom is 0.0952 e. The Labute approximate surface area is 177 Å². The fourth-order valence-corrected chi connectivity index (χ4v) is 7.98. The number of halogens is 1. The Morgan fingerprint density at radius 1 is 0.857 bits per heavy atom. The number of rotatable bonds is 1. The molecule has 3 saturated carbocycles. The van der Waals surface area contributed by atoms with Crippen molar-refractivity contribution in [2.75, 3.05) is 0 Å². The lowest BCUT2D eigenvalue weighted by Gasteiger charge is -2.61. The molecule has 3 aliphatic rings. The van der Waals surface area contributed by atoms with Gasteiger partial charge in [-0.05, 0) is 91.2 Å². The van der Waals surface area contributed by atoms with Crippen molar-refractivity contribution >= 4 is 11.6 Å². The molecule has 0 spiro atoms. The topological polar surface area (TPSA) is 20.2 Å². The lowest BCUT2D eigenvalue weighted by Crippen LogP contribution is -2.57. The predicted molar refractivity (Wildman–Crippen MR) is 118 cm³/mol. The molecule has 3 fully saturated rings. The molecule has 3 aliphatic carbocycles. The number of benzene rings is 1. The van der Waals surface area contributed by atoms with Gasteiger partial charge in [-0.15, -0.1) is 0 Å². The molecule has 0 radical (unpaired) electrons. The Morgan fingerprint density at radius 2 is 1.50 bits per heavy atom. The van der Waals surface area contributed by atoms with Gasteiger partial charge in [0.25, 0.3) is 0 Å². The first-order valence-electron chi connectivity index (χ1n) is 11.6. The van der Waals surface area contributed by atoms with E-state index in [-0.39, 0.29) is 5.41 Å². The van der Waals surface area contributed by atoms with Crippen LogP contribution in [-0.4, -0.2) is 5.11 Å². The summed E-state index contributed by atoms with van der Waals surface area (Å²) in [6, 6.07) is 8.06. The summed E-state index contributed by atoms with van der Waals surface area (Å²) >= 11 is 6.17. The van der Waals surface area contributed by atoms with Gasteiger partial charge < -0.3 is 5.11 Å². The predicted octanol–water partition coefficient (Wildman–Crippen LogP) is 7.45. The van der Waals surface area contributed by atoms with Gasteiger partial charge in [0.1, 0.15) is 0 Å². The van der Waals surface area contributed by atoms with Gasteiger partial charge in [0.05, 0.1) is 5.60 Å². The van der Waals surface area contributed by atoms with Crippen molar-refractivity contribution in [1.29, 1.82) is 0 Å². The van der Waals surface area contributed by atoms with Crippen molar-refractivity contribution in [2.24, 2.45) is 40.4 Å². The van der Waals surface area contributed by atoms with Crippen molar-refractivity contribution < 1.29 is 5.11 Å². The largest absolute Gasteiger partial charge is 0.385 e. The van der Waals surface area contributed by atoms with Crippen molar-refractivity contribution in [3.05, 3.63) is 34.9 Å². The number of aliphatic hydroxyl groups is 1. The minimum absolute atomic E-state index is 0.0669. The Bertz CT molecular complexity index is 710. The van der Waals surface area contributed by atoms with E-state index in [2.05, 4.69) is 46.8 Å². The third kappa shape index (κ3) is 2.99. The minimum atomic E-state index is -0.742. The summed E-state index contributed by atoms with van der Waals surface area (Å²) in [6.45, 7) is 12.4. The van der Waals surface area contributed by atoms with Crippen LogP contribution in [0.15, 0.2) is 24.3 Å². The fourth-order valence-electron chi connectivity index (χ4n) is 7.86. The SMILES string of the molecule is C[C@@H]1CCC(O)(c2ccc(Cl)cc2)[C@@]2(C)CC[C@H]3[C@H](C)CC[C@@H](C[C@H]12)C3(C)C. The number of hydrogen-bond acceptors (Lipinski definition) is 1. The van der Waals surface area contributed by atoms with Crippen LogP contribution in [0.4, 0.5) is 0 Å². The van der Waals surface area contributed by atoms with E-state index in [1.54, 1.807) is 0 Å². The molecule has 1 N–H and O–H groups in total. The molecule has 1 unspecified atom stereocenters. The Morgan fingerprint density at radius 3 is 2.18 bits per heavy atom. The minimum Gasteiger partial charge on any atom is -0.385 e. The summed E-state index contributed by atoms with van der Waals surface area (Å²) in [7, 11) is 0. The van der Waals surface area contributed by atoms with Crippen LogP contribution in [0.2, 0.25) is 5.02 Å². The second-order valence-electron chi connectivity index (χ2n) is 11.4. The highest BCUT2D eigenvalue weighted by molar-refractivity contribution is 6.30. The molecule has 0 saturated heterocycles. The van der Waals surface area contributed by atoms with Crippen LogP contribution in [0, 0.1) is 40.4 Å². The Hall–Kier alpha value is -0.530. The van der Waals surface area contributed by atoms with E-state index in [0.717, 1.165) is 47.6 Å². The summed E-state index contributed by atoms with van der Waals surface area (Å²) in [5.41, 5.74) is 0.694. The van der Waals surface area contributed by atoms with Gasteiger partial charge in [0, 0.05) is 10.4 Å². The molecule has 28 heavy (non-hydrogen) atoms. The lowest BCUT2D eigenvalue weighted by atomic mass is 9.45. The standard InChI is InChI=1S/C26H39ClO/c1-17-6-7-20-16-23-18(2)12-15-26(28,19-8-10-21(27)11-9-19)25(23,5)14-13-22(17)24(20,3)4/h8-11,17-18,20,22-23,28H,6-7,12-16H2,1-5H3/t17-,18-,20+,22+,23-,25+,26?/m1/s1. The molecule has 7 atom stereocenters. The first-order chi connectivity index (χ1) is 13.1. The molecule has 2 heteroatoms. The van der Waals surface area contributed by atoms with E-state index < -0.39 is 5.60 Å². The summed E-state index contributed by atoms with van der Waals surface area (Å²) in [5, 5.41) is 13.0. The molecule has 1 aromatic rings. The normalized spacial score (nSPS) is 45.6. The maximum absolute atomic E-state index is 12.2. The van der Waals surface area contributed by atoms with E-state index in [4.69, 9.17) is 11.6 Å². The van der Waals surface area contributed by atoms with Gasteiger partial charge in [-0.1, -0.05) is 64.8 Å². The molecule has 0 heterocycles. The molecule has 4 rings (SSSR count). The summed E-state index contributed by atoms with van der Waals surface area (Å²) in [6.07, 6.45) is 8.40. The van der Waals surface area contributed by atoms with Crippen LogP contribution in [0.1, 0.15) is 85.1 Å². The highest BCUT2D eigenvalue weighted by Crippen LogP contribution is 2.64. The molecular weight excluding hydrogens is 364 g/mol. The first-order valence-corrected chi connectivity index (χ1v) is 12.0. The van der Waals surface area contributed by atoms with Crippen LogP contribution in [0.25, 0.3) is 0 Å². The quantitative estimate of drug-likeness (QED) is 0.517. The van der Waals surface area contributed by atoms with E-state index in [1.807, 2.05) is 12.1 Å². The highest BCUT2D eigenvalue weighted by atomic mass is 35.5. The highest BCUT2D eigenvalue weighted by Gasteiger charge is 2.59. The summed E-state index contributed by atoms with van der Waals surface area (Å²) in [4.78, 5) is 0. The van der Waals surface area contributed by atoms with Crippen LogP contribution in [-0.2, 0) is 5.60 Å². The zero-order valence-electron chi connectivity index (χ0n) is 18.5. The van der Waals surface area contributed by atoms with Gasteiger partial charge in [-0.2, -0.15) is 0 Å². The van der Waals surface area contributed by atoms with Gasteiger partial charge in [-0.25, -0.2) is 0 Å². The molecule has 156 valence electrons. The molecule has 0 aromatic heterocycles. The second kappa shape index (κ2) is 7.02. The zero-order chi connectivity index (χ0) is 20.3. The van der Waals surface area contributed by atoms with Gasteiger partial charge in [-0.3, -0.25) is 0 Å². The van der Waals surface area contributed by atoms with Gasteiger partial charge in [0.15, 0.2) is 0 Å². The number of fused-ring (bicyclic) bond motifs is 3. The number of hydrogen-bond donors (Lipinski definition) is 1. The van der Waals surface area contributed by atoms with Crippen LogP contribution < -0.4 is 0 Å². The fraction of sp³-hybridized carbons (Fsp3) is 0.769. The first kappa shape index (κ1) is 20.7. The van der Waals surface area contributed by atoms with Crippen LogP contribution >= 0.6 is 11.6 Å². The molecule has 2 bridgehead atoms. The van der Waals surface area contributed by atoms with Crippen molar-refractivity contribution in [3.63, 3.8) is 0 Å². The van der Waals surface area contributed by atoms with E-state index >= 15 is 0 Å². The lowest BCUT2D eigenvalue weighted by molar-refractivity contribution is -0.187. The molecule has 1 nitrogen and oxygen atoms in total. The van der Waals surface area contributed by atoms with Crippen LogP contribution in [0.3, 0.4) is 0 Å². The monoisotopic (exact) mass is 402 g/mol. The van der Waals surface area contributed by atoms with Crippen molar-refractivity contribution in [3.8, 4) is 0 Å². The smallest absolute Gasteiger partial charge is 0.0952 e. The third-order valence-electron chi connectivity index (χ3n) is 9.91. The maximum atomic E-state index is 12.2. The van der Waals surface area contributed by atoms with Gasteiger partial charge >= 0.3 is 0 Å². The van der Waals surface area contributed by atoms with E-state index in [1.165, 1.54) is 25.7 Å². The molecular formula is C26H39ClO. The Balaban J connectivity index is 1.77. The zero-order valence-corrected chi connectivity index (χ0v) is 19.2. The third-order valence-corrected chi connectivity index (χ3v) is 10.2. The van der Waals surface area contributed by atoms with E-state index in [0.29, 0.717) is 17.3 Å². The molecule has 0 amide bonds. The van der Waals surface area contributed by atoms with Gasteiger partial charge in [0.2, 0.25) is 0 Å². The van der Waals surface area contributed by atoms with E-state index in [9.17, 15) is 5.11 Å². The summed E-state index contributed by atoms with van der Waals surface area (Å²) in [5.74, 6) is 3.63. The summed E-state index contributed by atoms with van der Waals surface area (Å²) < 4.78 is 0. The average molecular weight is 403 g/mol. The van der Waals surface area contributed by atoms with Crippen molar-refractivity contribution in [1.82, 2.24) is 0 Å². The second-order valence-corrected chi connectivity index (χ2v) is 11.8.